The van der Waals surface area contributed by atoms with Gasteiger partial charge in [0.05, 0.1) is 17.6 Å². The smallest absolute Gasteiger partial charge is 0.321 e. The first-order chi connectivity index (χ1) is 14.6. The molecular formula is C18H19FN6O5S. The number of ether oxygens (including phenoxy) is 1. The molecule has 1 aromatic carbocycles. The van der Waals surface area contributed by atoms with E-state index in [1.54, 1.807) is 20.0 Å². The van der Waals surface area contributed by atoms with Gasteiger partial charge in [0.15, 0.2) is 6.61 Å². The van der Waals surface area contributed by atoms with E-state index in [1.807, 2.05) is 0 Å². The second-order valence-corrected chi connectivity index (χ2v) is 8.21. The number of aryl methyl sites for hydroxylation is 2. The summed E-state index contributed by atoms with van der Waals surface area (Å²) in [6.07, 6.45) is 2.40. The Morgan fingerprint density at radius 2 is 1.94 bits per heavy atom. The number of carbonyl (C=O) groups is 2. The lowest BCUT2D eigenvalue weighted by atomic mass is 10.3. The van der Waals surface area contributed by atoms with Gasteiger partial charge >= 0.3 is 5.97 Å². The van der Waals surface area contributed by atoms with Crippen LogP contribution >= 0.6 is 0 Å². The average Bonchev–Trinajstić information content (AvgIpc) is 3.31. The summed E-state index contributed by atoms with van der Waals surface area (Å²) in [5, 5.41) is 10.5. The number of amides is 1. The molecule has 31 heavy (non-hydrogen) atoms. The lowest BCUT2D eigenvalue weighted by Gasteiger charge is -2.10. The molecule has 0 saturated heterocycles. The summed E-state index contributed by atoms with van der Waals surface area (Å²) >= 11 is 0. The minimum atomic E-state index is -3.93. The molecule has 3 aromatic rings. The zero-order valence-electron chi connectivity index (χ0n) is 16.6. The number of carbonyl (C=O) groups excluding carboxylic acids is 2. The van der Waals surface area contributed by atoms with Crippen molar-refractivity contribution in [1.82, 2.24) is 24.3 Å². The van der Waals surface area contributed by atoms with Gasteiger partial charge in [-0.2, -0.15) is 14.9 Å². The molecule has 11 nitrogen and oxygen atoms in total. The SMILES string of the molecule is Cc1cc(NC(=O)COC(=O)CNS(=O)(=O)c2cnn(C)c2)n(-c2ccc(F)cc2)n1. The fraction of sp³-hybridized carbons (Fsp3) is 0.222. The van der Waals surface area contributed by atoms with E-state index in [9.17, 15) is 22.4 Å². The van der Waals surface area contributed by atoms with Gasteiger partial charge in [0, 0.05) is 19.3 Å². The maximum Gasteiger partial charge on any atom is 0.321 e. The number of anilines is 1. The van der Waals surface area contributed by atoms with Crippen molar-refractivity contribution in [2.75, 3.05) is 18.5 Å². The van der Waals surface area contributed by atoms with E-state index in [4.69, 9.17) is 4.74 Å². The van der Waals surface area contributed by atoms with Crippen molar-refractivity contribution in [1.29, 1.82) is 0 Å². The Balaban J connectivity index is 1.53. The van der Waals surface area contributed by atoms with Crippen molar-refractivity contribution in [3.05, 3.63) is 54.2 Å². The van der Waals surface area contributed by atoms with Gasteiger partial charge in [-0.15, -0.1) is 0 Å². The van der Waals surface area contributed by atoms with E-state index in [2.05, 4.69) is 20.2 Å². The van der Waals surface area contributed by atoms with Crippen molar-refractivity contribution in [3.63, 3.8) is 0 Å². The van der Waals surface area contributed by atoms with Crippen molar-refractivity contribution in [2.24, 2.45) is 7.05 Å². The van der Waals surface area contributed by atoms with Crippen molar-refractivity contribution >= 4 is 27.7 Å². The third-order valence-electron chi connectivity index (χ3n) is 3.93. The van der Waals surface area contributed by atoms with Gasteiger partial charge in [-0.1, -0.05) is 0 Å². The Labute approximate surface area is 176 Å². The molecule has 1 amide bonds. The van der Waals surface area contributed by atoms with Crippen LogP contribution in [-0.2, 0) is 31.4 Å². The van der Waals surface area contributed by atoms with Gasteiger partial charge in [-0.05, 0) is 31.2 Å². The van der Waals surface area contributed by atoms with Crippen molar-refractivity contribution in [3.8, 4) is 5.69 Å². The van der Waals surface area contributed by atoms with Crippen molar-refractivity contribution in [2.45, 2.75) is 11.8 Å². The molecule has 2 aromatic heterocycles. The molecule has 164 valence electrons. The summed E-state index contributed by atoms with van der Waals surface area (Å²) < 4.78 is 46.8. The van der Waals surface area contributed by atoms with E-state index < -0.39 is 40.9 Å². The van der Waals surface area contributed by atoms with Crippen LogP contribution in [0.25, 0.3) is 5.69 Å². The molecule has 0 aliphatic heterocycles. The summed E-state index contributed by atoms with van der Waals surface area (Å²) in [6.45, 7) is 0.419. The molecule has 2 N–H and O–H groups in total. The van der Waals surface area contributed by atoms with Crippen LogP contribution in [0.2, 0.25) is 0 Å². The maximum atomic E-state index is 13.1. The first-order valence-electron chi connectivity index (χ1n) is 8.90. The third kappa shape index (κ3) is 5.73. The molecular weight excluding hydrogens is 431 g/mol. The molecule has 13 heteroatoms. The Hall–Kier alpha value is -3.58. The number of esters is 1. The molecule has 0 spiro atoms. The lowest BCUT2D eigenvalue weighted by molar-refractivity contribution is -0.146. The minimum Gasteiger partial charge on any atom is -0.455 e. The van der Waals surface area contributed by atoms with Crippen LogP contribution in [0.15, 0.2) is 47.6 Å². The third-order valence-corrected chi connectivity index (χ3v) is 5.29. The van der Waals surface area contributed by atoms with Gasteiger partial charge in [0.1, 0.15) is 23.1 Å². The average molecular weight is 450 g/mol. The molecule has 0 fully saturated rings. The highest BCUT2D eigenvalue weighted by atomic mass is 32.2. The molecule has 0 saturated carbocycles. The fourth-order valence-corrected chi connectivity index (χ4v) is 3.47. The van der Waals surface area contributed by atoms with Crippen LogP contribution in [0.1, 0.15) is 5.69 Å². The van der Waals surface area contributed by atoms with Crippen LogP contribution in [0.3, 0.4) is 0 Å². The number of hydrogen-bond acceptors (Lipinski definition) is 7. The highest BCUT2D eigenvalue weighted by Crippen LogP contribution is 2.17. The van der Waals surface area contributed by atoms with E-state index in [-0.39, 0.29) is 4.90 Å². The predicted octanol–water partition coefficient (Wildman–Crippen LogP) is 0.514. The molecule has 2 heterocycles. The maximum absolute atomic E-state index is 13.1. The normalized spacial score (nSPS) is 11.3. The first kappa shape index (κ1) is 22.1. The number of hydrogen-bond donors (Lipinski definition) is 2. The van der Waals surface area contributed by atoms with Crippen LogP contribution in [0.4, 0.5) is 10.2 Å². The second kappa shape index (κ2) is 9.06. The van der Waals surface area contributed by atoms with Crippen LogP contribution < -0.4 is 10.0 Å². The standard InChI is InChI=1S/C18H19FN6O5S/c1-12-7-16(25(23-12)14-5-3-13(19)4-6-14)22-17(26)11-30-18(27)9-21-31(28,29)15-8-20-24(2)10-15/h3-8,10,21H,9,11H2,1-2H3,(H,22,26). The Morgan fingerprint density at radius 3 is 2.58 bits per heavy atom. The highest BCUT2D eigenvalue weighted by molar-refractivity contribution is 7.89. The fourth-order valence-electron chi connectivity index (χ4n) is 2.52. The number of halogens is 1. The summed E-state index contributed by atoms with van der Waals surface area (Å²) in [4.78, 5) is 23.8. The zero-order valence-corrected chi connectivity index (χ0v) is 17.4. The molecule has 3 rings (SSSR count). The largest absolute Gasteiger partial charge is 0.455 e. The lowest BCUT2D eigenvalue weighted by Crippen LogP contribution is -2.32. The number of nitrogens with one attached hydrogen (secondary N) is 2. The summed E-state index contributed by atoms with van der Waals surface area (Å²) in [5.41, 5.74) is 1.12. The highest BCUT2D eigenvalue weighted by Gasteiger charge is 2.18. The van der Waals surface area contributed by atoms with E-state index in [1.165, 1.54) is 39.8 Å². The monoisotopic (exact) mass is 450 g/mol. The van der Waals surface area contributed by atoms with Gasteiger partial charge < -0.3 is 10.1 Å². The second-order valence-electron chi connectivity index (χ2n) is 6.44. The molecule has 0 aliphatic carbocycles. The molecule has 0 unspecified atom stereocenters. The van der Waals surface area contributed by atoms with E-state index >= 15 is 0 Å². The van der Waals surface area contributed by atoms with Gasteiger partial charge in [-0.25, -0.2) is 17.5 Å². The molecule has 0 aliphatic rings. The predicted molar refractivity (Wildman–Crippen MR) is 106 cm³/mol. The van der Waals surface area contributed by atoms with Crippen LogP contribution in [0, 0.1) is 12.7 Å². The summed E-state index contributed by atoms with van der Waals surface area (Å²) in [5.74, 6) is -1.72. The van der Waals surface area contributed by atoms with E-state index in [0.29, 0.717) is 17.2 Å². The van der Waals surface area contributed by atoms with Gasteiger partial charge in [-0.3, -0.25) is 14.3 Å². The summed E-state index contributed by atoms with van der Waals surface area (Å²) in [7, 11) is -2.38. The quantitative estimate of drug-likeness (QED) is 0.477. The number of nitrogens with zero attached hydrogens (tertiary/aromatic N) is 4. The molecule has 0 radical (unpaired) electrons. The Morgan fingerprint density at radius 1 is 1.23 bits per heavy atom. The Kier molecular flexibility index (Phi) is 6.46. The van der Waals surface area contributed by atoms with E-state index in [0.717, 1.165) is 6.20 Å². The number of sulfonamides is 1. The Bertz CT molecular complexity index is 1200. The van der Waals surface area contributed by atoms with Crippen LogP contribution in [0.5, 0.6) is 0 Å². The first-order valence-corrected chi connectivity index (χ1v) is 10.4. The van der Waals surface area contributed by atoms with Crippen molar-refractivity contribution < 1.29 is 27.1 Å². The number of benzene rings is 1. The number of aromatic nitrogens is 4. The zero-order chi connectivity index (χ0) is 22.6. The molecule has 0 bridgehead atoms. The van der Waals surface area contributed by atoms with Gasteiger partial charge in [0.25, 0.3) is 5.91 Å². The molecule has 0 atom stereocenters. The van der Waals surface area contributed by atoms with Gasteiger partial charge in [0.2, 0.25) is 10.0 Å². The topological polar surface area (TPSA) is 137 Å². The summed E-state index contributed by atoms with van der Waals surface area (Å²) in [6, 6.07) is 7.08. The number of rotatable bonds is 8. The minimum absolute atomic E-state index is 0.107. The van der Waals surface area contributed by atoms with Crippen LogP contribution in [-0.4, -0.2) is 53.0 Å².